The molecule has 0 aliphatic rings. The van der Waals surface area contributed by atoms with E-state index in [0.717, 1.165) is 11.1 Å². The Morgan fingerprint density at radius 2 is 1.81 bits per heavy atom. The predicted molar refractivity (Wildman–Crippen MR) is 106 cm³/mol. The lowest BCUT2D eigenvalue weighted by atomic mass is 10.1. The van der Waals surface area contributed by atoms with Crippen LogP contribution < -0.4 is 5.32 Å². The number of amides is 1. The summed E-state index contributed by atoms with van der Waals surface area (Å²) in [5.74, 6) is -1.51. The number of hydrogen-bond acceptors (Lipinski definition) is 4. The number of halogens is 2. The molecule has 0 saturated heterocycles. The van der Waals surface area contributed by atoms with Crippen LogP contribution in [-0.2, 0) is 14.3 Å². The Hall–Kier alpha value is -2.81. The van der Waals surface area contributed by atoms with Crippen LogP contribution in [0, 0.1) is 25.2 Å². The summed E-state index contributed by atoms with van der Waals surface area (Å²) in [4.78, 5) is 24.1. The van der Waals surface area contributed by atoms with E-state index in [1.165, 1.54) is 6.08 Å². The molecule has 138 valence electrons. The highest BCUT2D eigenvalue weighted by atomic mass is 35.5. The fraction of sp³-hybridized carbons (Fsp3) is 0.150. The number of nitrogens with zero attached hydrogens (tertiary/aromatic N) is 1. The molecule has 5 nitrogen and oxygen atoms in total. The van der Waals surface area contributed by atoms with E-state index < -0.39 is 18.5 Å². The third-order valence-corrected chi connectivity index (χ3v) is 4.41. The van der Waals surface area contributed by atoms with Crippen molar-refractivity contribution in [2.75, 3.05) is 11.9 Å². The first-order valence-electron chi connectivity index (χ1n) is 7.92. The molecule has 2 aromatic carbocycles. The average Bonchev–Trinajstić information content (AvgIpc) is 2.66. The summed E-state index contributed by atoms with van der Waals surface area (Å²) in [5, 5.41) is 12.2. The molecule has 0 spiro atoms. The molecule has 1 amide bonds. The van der Waals surface area contributed by atoms with Gasteiger partial charge < -0.3 is 10.1 Å². The average molecular weight is 403 g/mol. The highest BCUT2D eigenvalue weighted by Crippen LogP contribution is 2.32. The first kappa shape index (κ1) is 20.5. The standard InChI is InChI=1S/C20H16Cl2N2O3/c1-12-3-6-14(7-4-12)9-15(10-23)20(26)27-11-17(25)24-19-16(21)8-5-13(2)18(19)22/h3-9H,11H2,1-2H3,(H,24,25)/b15-9+. The molecule has 0 saturated carbocycles. The number of benzene rings is 2. The monoisotopic (exact) mass is 402 g/mol. The van der Waals surface area contributed by atoms with Gasteiger partial charge in [0.15, 0.2) is 6.61 Å². The van der Waals surface area contributed by atoms with Gasteiger partial charge in [0.05, 0.1) is 15.7 Å². The number of ether oxygens (including phenoxy) is 1. The van der Waals surface area contributed by atoms with Crippen LogP contribution in [0.25, 0.3) is 6.08 Å². The summed E-state index contributed by atoms with van der Waals surface area (Å²) in [6.45, 7) is 3.12. The second kappa shape index (κ2) is 9.22. The summed E-state index contributed by atoms with van der Waals surface area (Å²) in [6.07, 6.45) is 1.40. The SMILES string of the molecule is Cc1ccc(/C=C(\C#N)C(=O)OCC(=O)Nc2c(Cl)ccc(C)c2Cl)cc1. The maximum absolute atomic E-state index is 12.0. The van der Waals surface area contributed by atoms with Crippen LogP contribution in [0.4, 0.5) is 5.69 Å². The van der Waals surface area contributed by atoms with E-state index in [1.54, 1.807) is 37.3 Å². The Bertz CT molecular complexity index is 945. The van der Waals surface area contributed by atoms with Gasteiger partial charge >= 0.3 is 5.97 Å². The van der Waals surface area contributed by atoms with Crippen LogP contribution in [0.1, 0.15) is 16.7 Å². The van der Waals surface area contributed by atoms with Crippen molar-refractivity contribution >= 4 is 46.8 Å². The number of nitrogens with one attached hydrogen (secondary N) is 1. The molecule has 2 rings (SSSR count). The van der Waals surface area contributed by atoms with Crippen LogP contribution >= 0.6 is 23.2 Å². The number of hydrogen-bond donors (Lipinski definition) is 1. The van der Waals surface area contributed by atoms with Crippen LogP contribution in [0.3, 0.4) is 0 Å². The van der Waals surface area contributed by atoms with Crippen molar-refractivity contribution in [3.05, 3.63) is 68.7 Å². The largest absolute Gasteiger partial charge is 0.451 e. The van der Waals surface area contributed by atoms with E-state index in [9.17, 15) is 9.59 Å². The second-order valence-corrected chi connectivity index (χ2v) is 6.54. The summed E-state index contributed by atoms with van der Waals surface area (Å²) in [6, 6.07) is 12.4. The van der Waals surface area contributed by atoms with E-state index in [0.29, 0.717) is 10.6 Å². The van der Waals surface area contributed by atoms with Crippen molar-refractivity contribution in [3.63, 3.8) is 0 Å². The molecule has 0 bridgehead atoms. The number of anilines is 1. The zero-order valence-electron chi connectivity index (χ0n) is 14.7. The van der Waals surface area contributed by atoms with Crippen LogP contribution in [-0.4, -0.2) is 18.5 Å². The fourth-order valence-corrected chi connectivity index (χ4v) is 2.59. The molecule has 7 heteroatoms. The van der Waals surface area contributed by atoms with E-state index in [1.807, 2.05) is 19.1 Å². The minimum Gasteiger partial charge on any atom is -0.451 e. The van der Waals surface area contributed by atoms with Crippen LogP contribution in [0.5, 0.6) is 0 Å². The molecule has 2 aromatic rings. The van der Waals surface area contributed by atoms with Gasteiger partial charge in [-0.3, -0.25) is 4.79 Å². The Kier molecular flexibility index (Phi) is 7.00. The van der Waals surface area contributed by atoms with E-state index in [-0.39, 0.29) is 16.3 Å². The van der Waals surface area contributed by atoms with Gasteiger partial charge in [0.2, 0.25) is 0 Å². The zero-order chi connectivity index (χ0) is 20.0. The topological polar surface area (TPSA) is 79.2 Å². The zero-order valence-corrected chi connectivity index (χ0v) is 16.2. The predicted octanol–water partition coefficient (Wildman–Crippen LogP) is 4.70. The number of aryl methyl sites for hydroxylation is 2. The third kappa shape index (κ3) is 5.58. The molecule has 27 heavy (non-hydrogen) atoms. The van der Waals surface area contributed by atoms with Gasteiger partial charge in [-0.05, 0) is 37.1 Å². The minimum atomic E-state index is -0.894. The van der Waals surface area contributed by atoms with Gasteiger partial charge in [-0.2, -0.15) is 5.26 Å². The molecule has 0 aliphatic carbocycles. The lowest BCUT2D eigenvalue weighted by molar-refractivity contribution is -0.142. The molecular weight excluding hydrogens is 387 g/mol. The second-order valence-electron chi connectivity index (χ2n) is 5.76. The third-order valence-electron chi connectivity index (χ3n) is 3.61. The Balaban J connectivity index is 2.02. The van der Waals surface area contributed by atoms with Gasteiger partial charge in [0.25, 0.3) is 5.91 Å². The van der Waals surface area contributed by atoms with E-state index >= 15 is 0 Å². The van der Waals surface area contributed by atoms with Crippen molar-refractivity contribution in [1.82, 2.24) is 0 Å². The van der Waals surface area contributed by atoms with Crippen molar-refractivity contribution in [1.29, 1.82) is 5.26 Å². The molecule has 0 atom stereocenters. The van der Waals surface area contributed by atoms with Crippen LogP contribution in [0.2, 0.25) is 10.0 Å². The summed E-state index contributed by atoms with van der Waals surface area (Å²) < 4.78 is 4.91. The first-order valence-corrected chi connectivity index (χ1v) is 8.67. The lowest BCUT2D eigenvalue weighted by Gasteiger charge is -2.11. The van der Waals surface area contributed by atoms with Crippen molar-refractivity contribution in [3.8, 4) is 6.07 Å². The van der Waals surface area contributed by atoms with Gasteiger partial charge in [-0.25, -0.2) is 4.79 Å². The van der Waals surface area contributed by atoms with Crippen molar-refractivity contribution in [2.24, 2.45) is 0 Å². The molecule has 1 N–H and O–H groups in total. The van der Waals surface area contributed by atoms with Gasteiger partial charge in [0, 0.05) is 0 Å². The smallest absolute Gasteiger partial charge is 0.349 e. The molecule has 0 heterocycles. The number of esters is 1. The Labute approximate surface area is 167 Å². The molecular formula is C20H16Cl2N2O3. The van der Waals surface area contributed by atoms with Gasteiger partial charge in [0.1, 0.15) is 11.6 Å². The molecule has 0 aliphatic heterocycles. The number of rotatable bonds is 5. The maximum Gasteiger partial charge on any atom is 0.349 e. The van der Waals surface area contributed by atoms with Crippen molar-refractivity contribution in [2.45, 2.75) is 13.8 Å². The summed E-state index contributed by atoms with van der Waals surface area (Å²) >= 11 is 12.1. The number of nitriles is 1. The Morgan fingerprint density at radius 3 is 2.44 bits per heavy atom. The first-order chi connectivity index (χ1) is 12.8. The van der Waals surface area contributed by atoms with E-state index in [2.05, 4.69) is 5.32 Å². The van der Waals surface area contributed by atoms with Gasteiger partial charge in [-0.1, -0.05) is 59.1 Å². The molecule has 0 fully saturated rings. The van der Waals surface area contributed by atoms with E-state index in [4.69, 9.17) is 33.2 Å². The molecule has 0 aromatic heterocycles. The van der Waals surface area contributed by atoms with Gasteiger partial charge in [-0.15, -0.1) is 0 Å². The summed E-state index contributed by atoms with van der Waals surface area (Å²) in [5.41, 5.74) is 2.50. The highest BCUT2D eigenvalue weighted by molar-refractivity contribution is 6.40. The molecule has 0 unspecified atom stereocenters. The molecule has 0 radical (unpaired) electrons. The number of carbonyl (C=O) groups excluding carboxylic acids is 2. The lowest BCUT2D eigenvalue weighted by Crippen LogP contribution is -2.21. The van der Waals surface area contributed by atoms with Crippen molar-refractivity contribution < 1.29 is 14.3 Å². The quantitative estimate of drug-likeness (QED) is 0.446. The maximum atomic E-state index is 12.0. The Morgan fingerprint density at radius 1 is 1.15 bits per heavy atom. The fourth-order valence-electron chi connectivity index (χ4n) is 2.12. The highest BCUT2D eigenvalue weighted by Gasteiger charge is 2.16. The number of carbonyl (C=O) groups is 2. The normalized spacial score (nSPS) is 10.9. The summed E-state index contributed by atoms with van der Waals surface area (Å²) in [7, 11) is 0. The van der Waals surface area contributed by atoms with Crippen LogP contribution in [0.15, 0.2) is 42.0 Å². The minimum absolute atomic E-state index is 0.210.